The number of fused-ring (bicyclic) bond motifs is 1. The van der Waals surface area contributed by atoms with Gasteiger partial charge in [-0.15, -0.1) is 0 Å². The summed E-state index contributed by atoms with van der Waals surface area (Å²) in [5, 5.41) is 1.60. The van der Waals surface area contributed by atoms with Crippen LogP contribution in [0.25, 0.3) is 22.2 Å². The maximum absolute atomic E-state index is 6.10. The number of hydrogen-bond donors (Lipinski definition) is 1. The van der Waals surface area contributed by atoms with Gasteiger partial charge in [-0.3, -0.25) is 4.98 Å². The van der Waals surface area contributed by atoms with Crippen LogP contribution in [-0.2, 0) is 0 Å². The number of benzene rings is 1. The molecule has 2 heterocycles. The Labute approximate surface area is 108 Å². The number of aromatic nitrogens is 3. The number of rotatable bonds is 1. The first-order chi connectivity index (χ1) is 8.75. The predicted octanol–water partition coefficient (Wildman–Crippen LogP) is 2.93. The van der Waals surface area contributed by atoms with Crippen molar-refractivity contribution in [2.24, 2.45) is 0 Å². The van der Waals surface area contributed by atoms with Gasteiger partial charge in [0.2, 0.25) is 0 Å². The van der Waals surface area contributed by atoms with Crippen molar-refractivity contribution in [3.63, 3.8) is 0 Å². The molecule has 0 aliphatic rings. The van der Waals surface area contributed by atoms with E-state index in [2.05, 4.69) is 15.0 Å². The lowest BCUT2D eigenvalue weighted by molar-refractivity contribution is 1.18. The first-order valence-corrected chi connectivity index (χ1v) is 5.73. The zero-order chi connectivity index (χ0) is 12.5. The molecule has 1 aromatic carbocycles. The van der Waals surface area contributed by atoms with Gasteiger partial charge >= 0.3 is 0 Å². The monoisotopic (exact) mass is 256 g/mol. The molecule has 0 saturated carbocycles. The molecule has 0 fully saturated rings. The van der Waals surface area contributed by atoms with Gasteiger partial charge in [-0.05, 0) is 12.1 Å². The second-order valence-corrected chi connectivity index (χ2v) is 4.26. The van der Waals surface area contributed by atoms with Crippen molar-refractivity contribution >= 4 is 28.2 Å². The third kappa shape index (κ3) is 1.76. The van der Waals surface area contributed by atoms with Crippen molar-refractivity contribution in [3.05, 3.63) is 48.0 Å². The smallest absolute Gasteiger partial charge is 0.116 e. The Hall–Kier alpha value is -2.20. The van der Waals surface area contributed by atoms with E-state index in [0.717, 1.165) is 16.5 Å². The summed E-state index contributed by atoms with van der Waals surface area (Å²) in [4.78, 5) is 12.3. The van der Waals surface area contributed by atoms with Crippen molar-refractivity contribution in [1.29, 1.82) is 0 Å². The molecule has 0 spiro atoms. The lowest BCUT2D eigenvalue weighted by atomic mass is 10.1. The van der Waals surface area contributed by atoms with Gasteiger partial charge in [-0.25, -0.2) is 9.97 Å². The molecule has 0 aliphatic heterocycles. The first kappa shape index (κ1) is 10.9. The Morgan fingerprint density at radius 1 is 1.11 bits per heavy atom. The summed E-state index contributed by atoms with van der Waals surface area (Å²) in [6, 6.07) is 7.53. The number of halogens is 1. The van der Waals surface area contributed by atoms with Crippen LogP contribution in [-0.4, -0.2) is 15.0 Å². The normalized spacial score (nSPS) is 10.7. The Morgan fingerprint density at radius 2 is 2.00 bits per heavy atom. The number of pyridine rings is 1. The molecular weight excluding hydrogens is 248 g/mol. The largest absolute Gasteiger partial charge is 0.396 e. The van der Waals surface area contributed by atoms with Gasteiger partial charge in [0.05, 0.1) is 28.1 Å². The second kappa shape index (κ2) is 4.23. The van der Waals surface area contributed by atoms with Crippen LogP contribution in [0.5, 0.6) is 0 Å². The molecule has 5 heteroatoms. The molecule has 0 radical (unpaired) electrons. The van der Waals surface area contributed by atoms with Crippen LogP contribution in [0.3, 0.4) is 0 Å². The van der Waals surface area contributed by atoms with E-state index >= 15 is 0 Å². The molecule has 2 aromatic heterocycles. The van der Waals surface area contributed by atoms with Crippen LogP contribution in [0, 0.1) is 0 Å². The van der Waals surface area contributed by atoms with Crippen LogP contribution in [0.1, 0.15) is 0 Å². The standard InChI is InChI=1S/C13H9ClN4/c14-10-3-4-17-12-5-8(1-2-9(10)12)13-11(15)6-16-7-18-13/h1-7H,15H2. The Morgan fingerprint density at radius 3 is 2.83 bits per heavy atom. The molecule has 18 heavy (non-hydrogen) atoms. The maximum atomic E-state index is 6.10. The highest BCUT2D eigenvalue weighted by molar-refractivity contribution is 6.35. The highest BCUT2D eigenvalue weighted by Gasteiger charge is 2.06. The van der Waals surface area contributed by atoms with E-state index in [-0.39, 0.29) is 0 Å². The van der Waals surface area contributed by atoms with Crippen molar-refractivity contribution in [2.45, 2.75) is 0 Å². The van der Waals surface area contributed by atoms with Crippen LogP contribution in [0.15, 0.2) is 43.0 Å². The number of nitrogens with two attached hydrogens (primary N) is 1. The molecule has 3 rings (SSSR count). The number of anilines is 1. The quantitative estimate of drug-likeness (QED) is 0.727. The molecule has 0 bridgehead atoms. The summed E-state index contributed by atoms with van der Waals surface area (Å²) < 4.78 is 0. The molecule has 2 N–H and O–H groups in total. The first-order valence-electron chi connectivity index (χ1n) is 5.36. The molecule has 0 aliphatic carbocycles. The lowest BCUT2D eigenvalue weighted by Gasteiger charge is -2.05. The van der Waals surface area contributed by atoms with Gasteiger partial charge < -0.3 is 5.73 Å². The molecular formula is C13H9ClN4. The summed E-state index contributed by atoms with van der Waals surface area (Å²) in [5.74, 6) is 0. The molecule has 4 nitrogen and oxygen atoms in total. The molecule has 88 valence electrons. The minimum absolute atomic E-state index is 0.541. The van der Waals surface area contributed by atoms with Crippen molar-refractivity contribution in [3.8, 4) is 11.3 Å². The predicted molar refractivity (Wildman–Crippen MR) is 72.2 cm³/mol. The highest BCUT2D eigenvalue weighted by atomic mass is 35.5. The van der Waals surface area contributed by atoms with Crippen molar-refractivity contribution in [2.75, 3.05) is 5.73 Å². The van der Waals surface area contributed by atoms with Crippen LogP contribution >= 0.6 is 11.6 Å². The molecule has 3 aromatic rings. The van der Waals surface area contributed by atoms with Gasteiger partial charge in [0, 0.05) is 17.1 Å². The zero-order valence-electron chi connectivity index (χ0n) is 9.34. The molecule has 0 atom stereocenters. The number of hydrogen-bond acceptors (Lipinski definition) is 4. The molecule has 0 amide bonds. The van der Waals surface area contributed by atoms with Gasteiger partial charge in [0.15, 0.2) is 0 Å². The van der Waals surface area contributed by atoms with E-state index in [1.165, 1.54) is 6.33 Å². The number of nitrogen functional groups attached to an aromatic ring is 1. The summed E-state index contributed by atoms with van der Waals surface area (Å²) in [6.07, 6.45) is 4.73. The third-order valence-corrected chi connectivity index (χ3v) is 3.03. The van der Waals surface area contributed by atoms with Crippen LogP contribution in [0.2, 0.25) is 5.02 Å². The summed E-state index contributed by atoms with van der Waals surface area (Å²) in [6.45, 7) is 0. The molecule has 0 saturated heterocycles. The lowest BCUT2D eigenvalue weighted by Crippen LogP contribution is -1.94. The third-order valence-electron chi connectivity index (χ3n) is 2.70. The fourth-order valence-corrected chi connectivity index (χ4v) is 2.06. The minimum atomic E-state index is 0.541. The zero-order valence-corrected chi connectivity index (χ0v) is 10.1. The Balaban J connectivity index is 2.23. The highest BCUT2D eigenvalue weighted by Crippen LogP contribution is 2.28. The van der Waals surface area contributed by atoms with E-state index in [0.29, 0.717) is 16.4 Å². The Bertz CT molecular complexity index is 727. The summed E-state index contributed by atoms with van der Waals surface area (Å²) in [5.41, 5.74) is 8.82. The fraction of sp³-hybridized carbons (Fsp3) is 0. The van der Waals surface area contributed by atoms with E-state index in [1.807, 2.05) is 18.2 Å². The van der Waals surface area contributed by atoms with Gasteiger partial charge in [0.1, 0.15) is 6.33 Å². The van der Waals surface area contributed by atoms with Crippen molar-refractivity contribution in [1.82, 2.24) is 15.0 Å². The van der Waals surface area contributed by atoms with Crippen molar-refractivity contribution < 1.29 is 0 Å². The van der Waals surface area contributed by atoms with Gasteiger partial charge in [-0.2, -0.15) is 0 Å². The van der Waals surface area contributed by atoms with Crippen LogP contribution in [0.4, 0.5) is 5.69 Å². The Kier molecular flexibility index (Phi) is 2.57. The molecule has 0 unspecified atom stereocenters. The minimum Gasteiger partial charge on any atom is -0.396 e. The number of nitrogens with zero attached hydrogens (tertiary/aromatic N) is 3. The average Bonchev–Trinajstić information content (AvgIpc) is 2.39. The average molecular weight is 257 g/mol. The topological polar surface area (TPSA) is 64.7 Å². The van der Waals surface area contributed by atoms with Gasteiger partial charge in [-0.1, -0.05) is 23.7 Å². The van der Waals surface area contributed by atoms with Crippen LogP contribution < -0.4 is 5.73 Å². The second-order valence-electron chi connectivity index (χ2n) is 3.85. The van der Waals surface area contributed by atoms with Gasteiger partial charge in [0.25, 0.3) is 0 Å². The SMILES string of the molecule is Nc1cncnc1-c1ccc2c(Cl)ccnc2c1. The van der Waals surface area contributed by atoms with E-state index < -0.39 is 0 Å². The summed E-state index contributed by atoms with van der Waals surface area (Å²) in [7, 11) is 0. The maximum Gasteiger partial charge on any atom is 0.116 e. The van der Waals surface area contributed by atoms with E-state index in [9.17, 15) is 0 Å². The fourth-order valence-electron chi connectivity index (χ4n) is 1.84. The van der Waals surface area contributed by atoms with E-state index in [1.54, 1.807) is 18.5 Å². The van der Waals surface area contributed by atoms with E-state index in [4.69, 9.17) is 17.3 Å². The summed E-state index contributed by atoms with van der Waals surface area (Å²) >= 11 is 6.10.